The maximum atomic E-state index is 12.7. The summed E-state index contributed by atoms with van der Waals surface area (Å²) in [5.41, 5.74) is 1.01. The molecule has 0 saturated carbocycles. The number of methoxy groups -OCH3 is 1. The normalized spacial score (nSPS) is 13.7. The lowest BCUT2D eigenvalue weighted by molar-refractivity contribution is -0.215. The van der Waals surface area contributed by atoms with Crippen molar-refractivity contribution in [2.75, 3.05) is 20.7 Å². The van der Waals surface area contributed by atoms with Crippen LogP contribution in [0.3, 0.4) is 0 Å². The van der Waals surface area contributed by atoms with Gasteiger partial charge in [-0.2, -0.15) is 13.2 Å². The minimum Gasteiger partial charge on any atom is -0.367 e. The summed E-state index contributed by atoms with van der Waals surface area (Å²) in [4.78, 5) is 0. The van der Waals surface area contributed by atoms with Gasteiger partial charge in [0.25, 0.3) is 0 Å². The zero-order chi connectivity index (χ0) is 12.9. The van der Waals surface area contributed by atoms with Gasteiger partial charge in [-0.1, -0.05) is 24.3 Å². The van der Waals surface area contributed by atoms with Gasteiger partial charge in [0.05, 0.1) is 0 Å². The van der Waals surface area contributed by atoms with Gasteiger partial charge in [0, 0.05) is 7.11 Å². The lowest BCUT2D eigenvalue weighted by atomic mass is 10.0. The van der Waals surface area contributed by atoms with Gasteiger partial charge in [0.2, 0.25) is 0 Å². The first-order valence-electron chi connectivity index (χ1n) is 5.32. The fourth-order valence-corrected chi connectivity index (χ4v) is 1.64. The molecule has 0 spiro atoms. The molecular formula is C12H16F3NO. The quantitative estimate of drug-likeness (QED) is 0.863. The number of ether oxygens (including phenoxy) is 1. The SMILES string of the molecule is CNCCc1cccc(C(OC)C(F)(F)F)c1. The van der Waals surface area contributed by atoms with Crippen molar-refractivity contribution >= 4 is 0 Å². The molecule has 0 fully saturated rings. The zero-order valence-corrected chi connectivity index (χ0v) is 9.84. The number of nitrogens with one attached hydrogen (secondary N) is 1. The van der Waals surface area contributed by atoms with Gasteiger partial charge in [-0.3, -0.25) is 0 Å². The average molecular weight is 247 g/mol. The molecule has 1 aromatic carbocycles. The Kier molecular flexibility index (Phi) is 4.96. The van der Waals surface area contributed by atoms with Crippen LogP contribution in [0.25, 0.3) is 0 Å². The van der Waals surface area contributed by atoms with Crippen LogP contribution in [0.2, 0.25) is 0 Å². The first kappa shape index (κ1) is 14.0. The molecule has 2 nitrogen and oxygen atoms in total. The number of benzene rings is 1. The van der Waals surface area contributed by atoms with Crippen molar-refractivity contribution < 1.29 is 17.9 Å². The van der Waals surface area contributed by atoms with Crippen molar-refractivity contribution in [3.05, 3.63) is 35.4 Å². The monoisotopic (exact) mass is 247 g/mol. The maximum absolute atomic E-state index is 12.7. The first-order valence-corrected chi connectivity index (χ1v) is 5.32. The molecule has 0 aliphatic carbocycles. The smallest absolute Gasteiger partial charge is 0.367 e. The summed E-state index contributed by atoms with van der Waals surface area (Å²) < 4.78 is 42.5. The largest absolute Gasteiger partial charge is 0.418 e. The molecule has 0 aliphatic heterocycles. The molecule has 1 atom stereocenters. The molecule has 0 aliphatic rings. The highest BCUT2D eigenvalue weighted by Crippen LogP contribution is 2.35. The van der Waals surface area contributed by atoms with Gasteiger partial charge in [-0.15, -0.1) is 0 Å². The Hall–Kier alpha value is -1.07. The summed E-state index contributed by atoms with van der Waals surface area (Å²) in [6.45, 7) is 0.729. The van der Waals surface area contributed by atoms with Gasteiger partial charge in [0.15, 0.2) is 6.10 Å². The number of likely N-dealkylation sites (N-methyl/N-ethyl adjacent to an activating group) is 1. The third-order valence-corrected chi connectivity index (χ3v) is 2.45. The van der Waals surface area contributed by atoms with Crippen LogP contribution in [0.1, 0.15) is 17.2 Å². The molecular weight excluding hydrogens is 231 g/mol. The third kappa shape index (κ3) is 4.02. The standard InChI is InChI=1S/C12H16F3NO/c1-16-7-6-9-4-3-5-10(8-9)11(17-2)12(13,14)15/h3-5,8,11,16H,6-7H2,1-2H3. The van der Waals surface area contributed by atoms with Gasteiger partial charge < -0.3 is 10.1 Å². The summed E-state index contributed by atoms with van der Waals surface area (Å²) in [6.07, 6.45) is -5.54. The van der Waals surface area contributed by atoms with Gasteiger partial charge in [-0.05, 0) is 31.1 Å². The molecule has 0 saturated heterocycles. The van der Waals surface area contributed by atoms with Crippen LogP contribution in [0.4, 0.5) is 13.2 Å². The zero-order valence-electron chi connectivity index (χ0n) is 9.84. The van der Waals surface area contributed by atoms with Crippen molar-refractivity contribution in [1.82, 2.24) is 5.32 Å². The van der Waals surface area contributed by atoms with Crippen LogP contribution in [-0.4, -0.2) is 26.9 Å². The van der Waals surface area contributed by atoms with Crippen LogP contribution in [0.15, 0.2) is 24.3 Å². The van der Waals surface area contributed by atoms with E-state index in [1.54, 1.807) is 19.2 Å². The molecule has 1 N–H and O–H groups in total. The van der Waals surface area contributed by atoms with E-state index in [9.17, 15) is 13.2 Å². The minimum absolute atomic E-state index is 0.147. The molecule has 17 heavy (non-hydrogen) atoms. The second kappa shape index (κ2) is 6.02. The Bertz CT molecular complexity index is 352. The fraction of sp³-hybridized carbons (Fsp3) is 0.500. The number of alkyl halides is 3. The van der Waals surface area contributed by atoms with Crippen LogP contribution in [-0.2, 0) is 11.2 Å². The molecule has 1 rings (SSSR count). The van der Waals surface area contributed by atoms with Crippen molar-refractivity contribution in [2.24, 2.45) is 0 Å². The Labute approximate surface area is 98.8 Å². The fourth-order valence-electron chi connectivity index (χ4n) is 1.64. The molecule has 1 unspecified atom stereocenters. The summed E-state index contributed by atoms with van der Waals surface area (Å²) in [6, 6.07) is 6.41. The Morgan fingerprint density at radius 3 is 2.59 bits per heavy atom. The molecule has 96 valence electrons. The van der Waals surface area contributed by atoms with Crippen molar-refractivity contribution in [2.45, 2.75) is 18.7 Å². The lowest BCUT2D eigenvalue weighted by Gasteiger charge is -2.19. The highest BCUT2D eigenvalue weighted by molar-refractivity contribution is 5.26. The van der Waals surface area contributed by atoms with E-state index in [4.69, 9.17) is 0 Å². The number of hydrogen-bond acceptors (Lipinski definition) is 2. The van der Waals surface area contributed by atoms with Crippen LogP contribution in [0, 0.1) is 0 Å². The van der Waals surface area contributed by atoms with E-state index in [0.717, 1.165) is 19.2 Å². The summed E-state index contributed by atoms with van der Waals surface area (Å²) in [5.74, 6) is 0. The molecule has 5 heteroatoms. The first-order chi connectivity index (χ1) is 7.99. The third-order valence-electron chi connectivity index (χ3n) is 2.45. The van der Waals surface area contributed by atoms with Gasteiger partial charge >= 0.3 is 6.18 Å². The minimum atomic E-state index is -4.38. The summed E-state index contributed by atoms with van der Waals surface area (Å²) >= 11 is 0. The van der Waals surface area contributed by atoms with E-state index in [2.05, 4.69) is 10.1 Å². The highest BCUT2D eigenvalue weighted by Gasteiger charge is 2.41. The van der Waals surface area contributed by atoms with Crippen LogP contribution < -0.4 is 5.32 Å². The van der Waals surface area contributed by atoms with E-state index in [-0.39, 0.29) is 5.56 Å². The van der Waals surface area contributed by atoms with Crippen LogP contribution in [0.5, 0.6) is 0 Å². The number of hydrogen-bond donors (Lipinski definition) is 1. The predicted octanol–water partition coefficient (Wildman–Crippen LogP) is 2.70. The summed E-state index contributed by atoms with van der Waals surface area (Å²) in [5, 5.41) is 2.96. The topological polar surface area (TPSA) is 21.3 Å². The van der Waals surface area contributed by atoms with Gasteiger partial charge in [0.1, 0.15) is 0 Å². The van der Waals surface area contributed by atoms with Crippen molar-refractivity contribution in [3.8, 4) is 0 Å². The van der Waals surface area contributed by atoms with E-state index >= 15 is 0 Å². The van der Waals surface area contributed by atoms with Crippen LogP contribution >= 0.6 is 0 Å². The van der Waals surface area contributed by atoms with E-state index in [1.165, 1.54) is 6.07 Å². The maximum Gasteiger partial charge on any atom is 0.418 e. The van der Waals surface area contributed by atoms with Crippen molar-refractivity contribution in [1.29, 1.82) is 0 Å². The molecule has 0 amide bonds. The van der Waals surface area contributed by atoms with E-state index in [0.29, 0.717) is 6.42 Å². The Morgan fingerprint density at radius 2 is 2.06 bits per heavy atom. The predicted molar refractivity (Wildman–Crippen MR) is 59.9 cm³/mol. The molecule has 0 heterocycles. The molecule has 0 bridgehead atoms. The second-order valence-electron chi connectivity index (χ2n) is 3.76. The molecule has 0 radical (unpaired) electrons. The molecule has 1 aromatic rings. The lowest BCUT2D eigenvalue weighted by Crippen LogP contribution is -2.22. The Morgan fingerprint density at radius 1 is 1.35 bits per heavy atom. The van der Waals surface area contributed by atoms with E-state index < -0.39 is 12.3 Å². The van der Waals surface area contributed by atoms with Crippen molar-refractivity contribution in [3.63, 3.8) is 0 Å². The summed E-state index contributed by atoms with van der Waals surface area (Å²) in [7, 11) is 2.87. The highest BCUT2D eigenvalue weighted by atomic mass is 19.4. The number of halogens is 3. The van der Waals surface area contributed by atoms with Gasteiger partial charge in [-0.25, -0.2) is 0 Å². The molecule has 0 aromatic heterocycles. The second-order valence-corrected chi connectivity index (χ2v) is 3.76. The van der Waals surface area contributed by atoms with E-state index in [1.807, 2.05) is 6.07 Å². The average Bonchev–Trinajstić information content (AvgIpc) is 2.26. The number of rotatable bonds is 5. The Balaban J connectivity index is 2.89.